The molecule has 2 rings (SSSR count). The molecule has 0 fully saturated rings. The van der Waals surface area contributed by atoms with E-state index in [9.17, 15) is 13.2 Å². The molecule has 0 spiro atoms. The second-order valence-electron chi connectivity index (χ2n) is 3.76. The van der Waals surface area contributed by atoms with Crippen molar-refractivity contribution in [2.24, 2.45) is 0 Å². The van der Waals surface area contributed by atoms with Crippen molar-refractivity contribution in [3.8, 4) is 17.0 Å². The molecular formula is C13H9ClF3NO. The zero-order valence-electron chi connectivity index (χ0n) is 9.83. The van der Waals surface area contributed by atoms with E-state index in [0.717, 1.165) is 12.1 Å². The fourth-order valence-electron chi connectivity index (χ4n) is 1.65. The van der Waals surface area contributed by atoms with E-state index >= 15 is 0 Å². The van der Waals surface area contributed by atoms with Crippen molar-refractivity contribution in [3.05, 3.63) is 47.1 Å². The van der Waals surface area contributed by atoms with Gasteiger partial charge in [0, 0.05) is 5.56 Å². The van der Waals surface area contributed by atoms with E-state index in [0.29, 0.717) is 11.3 Å². The lowest BCUT2D eigenvalue weighted by Crippen LogP contribution is -2.06. The maximum atomic E-state index is 12.7. The molecule has 0 bridgehead atoms. The number of methoxy groups -OCH3 is 1. The van der Waals surface area contributed by atoms with Gasteiger partial charge in [0.05, 0.1) is 18.4 Å². The van der Waals surface area contributed by atoms with Gasteiger partial charge in [0.15, 0.2) is 0 Å². The molecule has 0 N–H and O–H groups in total. The second kappa shape index (κ2) is 5.09. The first kappa shape index (κ1) is 13.7. The van der Waals surface area contributed by atoms with Crippen LogP contribution in [0.1, 0.15) is 5.56 Å². The number of aromatic nitrogens is 1. The SMILES string of the molecule is COc1ccccc1-c1cc(C(F)(F)F)cc(Cl)n1. The van der Waals surface area contributed by atoms with E-state index in [2.05, 4.69) is 4.98 Å². The fraction of sp³-hybridized carbons (Fsp3) is 0.154. The van der Waals surface area contributed by atoms with Crippen LogP contribution in [0, 0.1) is 0 Å². The molecule has 0 amide bonds. The van der Waals surface area contributed by atoms with Crippen LogP contribution in [-0.2, 0) is 6.18 Å². The Morgan fingerprint density at radius 2 is 1.84 bits per heavy atom. The van der Waals surface area contributed by atoms with Gasteiger partial charge in [-0.3, -0.25) is 0 Å². The summed E-state index contributed by atoms with van der Waals surface area (Å²) in [5.74, 6) is 0.436. The van der Waals surface area contributed by atoms with Crippen LogP contribution >= 0.6 is 11.6 Å². The number of ether oxygens (including phenoxy) is 1. The van der Waals surface area contributed by atoms with Gasteiger partial charge in [0.2, 0.25) is 0 Å². The van der Waals surface area contributed by atoms with Crippen molar-refractivity contribution in [1.82, 2.24) is 4.98 Å². The summed E-state index contributed by atoms with van der Waals surface area (Å²) in [7, 11) is 1.44. The quantitative estimate of drug-likeness (QED) is 0.762. The molecule has 0 aliphatic rings. The van der Waals surface area contributed by atoms with Crippen LogP contribution < -0.4 is 4.74 Å². The Hall–Kier alpha value is -1.75. The third-order valence-electron chi connectivity index (χ3n) is 2.50. The summed E-state index contributed by atoms with van der Waals surface area (Å²) in [5, 5.41) is -0.212. The summed E-state index contributed by atoms with van der Waals surface area (Å²) >= 11 is 5.65. The molecule has 0 aliphatic carbocycles. The van der Waals surface area contributed by atoms with Crippen LogP contribution in [0.15, 0.2) is 36.4 Å². The van der Waals surface area contributed by atoms with Gasteiger partial charge in [0.25, 0.3) is 0 Å². The monoisotopic (exact) mass is 287 g/mol. The Morgan fingerprint density at radius 1 is 1.16 bits per heavy atom. The Morgan fingerprint density at radius 3 is 2.47 bits per heavy atom. The smallest absolute Gasteiger partial charge is 0.416 e. The van der Waals surface area contributed by atoms with Crippen LogP contribution in [0.25, 0.3) is 11.3 Å². The first-order valence-corrected chi connectivity index (χ1v) is 5.68. The van der Waals surface area contributed by atoms with Crippen LogP contribution in [0.5, 0.6) is 5.75 Å². The van der Waals surface area contributed by atoms with Crippen molar-refractivity contribution in [2.45, 2.75) is 6.18 Å². The molecule has 0 radical (unpaired) electrons. The normalized spacial score (nSPS) is 11.4. The lowest BCUT2D eigenvalue weighted by molar-refractivity contribution is -0.137. The molecular weight excluding hydrogens is 279 g/mol. The van der Waals surface area contributed by atoms with E-state index in [1.165, 1.54) is 7.11 Å². The molecule has 1 heterocycles. The van der Waals surface area contributed by atoms with E-state index in [-0.39, 0.29) is 10.8 Å². The molecule has 2 nitrogen and oxygen atoms in total. The average Bonchev–Trinajstić information content (AvgIpc) is 2.37. The molecule has 1 aromatic heterocycles. The highest BCUT2D eigenvalue weighted by molar-refractivity contribution is 6.29. The van der Waals surface area contributed by atoms with Crippen LogP contribution in [0.3, 0.4) is 0 Å². The number of rotatable bonds is 2. The number of benzene rings is 1. The van der Waals surface area contributed by atoms with Crippen molar-refractivity contribution in [3.63, 3.8) is 0 Å². The first-order chi connectivity index (χ1) is 8.91. The third-order valence-corrected chi connectivity index (χ3v) is 2.70. The van der Waals surface area contributed by atoms with Gasteiger partial charge in [-0.1, -0.05) is 23.7 Å². The number of halogens is 4. The maximum Gasteiger partial charge on any atom is 0.416 e. The summed E-state index contributed by atoms with van der Waals surface area (Å²) in [4.78, 5) is 3.91. The van der Waals surface area contributed by atoms with Gasteiger partial charge in [-0.25, -0.2) is 4.98 Å². The minimum Gasteiger partial charge on any atom is -0.496 e. The lowest BCUT2D eigenvalue weighted by atomic mass is 10.1. The molecule has 2 aromatic rings. The Labute approximate surface area is 112 Å². The van der Waals surface area contributed by atoms with Crippen LogP contribution in [-0.4, -0.2) is 12.1 Å². The maximum absolute atomic E-state index is 12.7. The zero-order valence-corrected chi connectivity index (χ0v) is 10.6. The number of pyridine rings is 1. The predicted molar refractivity (Wildman–Crippen MR) is 66.2 cm³/mol. The van der Waals surface area contributed by atoms with Gasteiger partial charge >= 0.3 is 6.18 Å². The first-order valence-electron chi connectivity index (χ1n) is 5.30. The molecule has 0 aliphatic heterocycles. The minimum atomic E-state index is -4.47. The van der Waals surface area contributed by atoms with Crippen molar-refractivity contribution in [1.29, 1.82) is 0 Å². The molecule has 0 saturated carbocycles. The number of para-hydroxylation sites is 1. The van der Waals surface area contributed by atoms with Gasteiger partial charge < -0.3 is 4.74 Å². The third kappa shape index (κ3) is 2.98. The number of alkyl halides is 3. The Kier molecular flexibility index (Phi) is 3.66. The van der Waals surface area contributed by atoms with E-state index in [4.69, 9.17) is 16.3 Å². The van der Waals surface area contributed by atoms with Gasteiger partial charge in [-0.15, -0.1) is 0 Å². The summed E-state index contributed by atoms with van der Waals surface area (Å²) in [6.07, 6.45) is -4.47. The predicted octanol–water partition coefficient (Wildman–Crippen LogP) is 4.43. The molecule has 100 valence electrons. The molecule has 0 saturated heterocycles. The summed E-state index contributed by atoms with van der Waals surface area (Å²) in [6.45, 7) is 0. The molecule has 0 atom stereocenters. The van der Waals surface area contributed by atoms with Gasteiger partial charge in [-0.2, -0.15) is 13.2 Å². The molecule has 0 unspecified atom stereocenters. The highest BCUT2D eigenvalue weighted by atomic mass is 35.5. The number of hydrogen-bond donors (Lipinski definition) is 0. The topological polar surface area (TPSA) is 22.1 Å². The van der Waals surface area contributed by atoms with Crippen molar-refractivity contribution < 1.29 is 17.9 Å². The van der Waals surface area contributed by atoms with Gasteiger partial charge in [-0.05, 0) is 24.3 Å². The van der Waals surface area contributed by atoms with Crippen LogP contribution in [0.2, 0.25) is 5.15 Å². The fourth-order valence-corrected chi connectivity index (χ4v) is 1.86. The van der Waals surface area contributed by atoms with Gasteiger partial charge in [0.1, 0.15) is 10.9 Å². The largest absolute Gasteiger partial charge is 0.496 e. The molecule has 1 aromatic carbocycles. The van der Waals surface area contributed by atoms with E-state index in [1.807, 2.05) is 0 Å². The van der Waals surface area contributed by atoms with E-state index < -0.39 is 11.7 Å². The Balaban J connectivity index is 2.60. The molecule has 6 heteroatoms. The second-order valence-corrected chi connectivity index (χ2v) is 4.15. The summed E-state index contributed by atoms with van der Waals surface area (Å²) in [5.41, 5.74) is -0.260. The summed E-state index contributed by atoms with van der Waals surface area (Å²) in [6, 6.07) is 8.41. The highest BCUT2D eigenvalue weighted by Gasteiger charge is 2.31. The van der Waals surface area contributed by atoms with Crippen LogP contribution in [0.4, 0.5) is 13.2 Å². The number of hydrogen-bond acceptors (Lipinski definition) is 2. The van der Waals surface area contributed by atoms with E-state index in [1.54, 1.807) is 24.3 Å². The number of nitrogens with zero attached hydrogens (tertiary/aromatic N) is 1. The molecule has 19 heavy (non-hydrogen) atoms. The lowest BCUT2D eigenvalue weighted by Gasteiger charge is -2.11. The highest BCUT2D eigenvalue weighted by Crippen LogP contribution is 2.35. The zero-order chi connectivity index (χ0) is 14.0. The van der Waals surface area contributed by atoms with Crippen molar-refractivity contribution in [2.75, 3.05) is 7.11 Å². The summed E-state index contributed by atoms with van der Waals surface area (Å²) < 4.78 is 43.3. The Bertz CT molecular complexity index is 599. The minimum absolute atomic E-state index is 0.122. The average molecular weight is 288 g/mol. The standard InChI is InChI=1S/C13H9ClF3NO/c1-19-11-5-3-2-4-9(11)10-6-8(13(15,16)17)7-12(14)18-10/h2-7H,1H3. The van der Waals surface area contributed by atoms with Crippen molar-refractivity contribution >= 4 is 11.6 Å².